The highest BCUT2D eigenvalue weighted by Crippen LogP contribution is 2.21. The van der Waals surface area contributed by atoms with Crippen LogP contribution >= 0.6 is 0 Å². The Kier molecular flexibility index (Phi) is 4.11. The van der Waals surface area contributed by atoms with Crippen molar-refractivity contribution >= 4 is 11.4 Å². The molecule has 2 heterocycles. The third-order valence-corrected chi connectivity index (χ3v) is 4.26. The Morgan fingerprint density at radius 3 is 2.44 bits per heavy atom. The summed E-state index contributed by atoms with van der Waals surface area (Å²) in [7, 11) is 1.62. The number of ether oxygens (including phenoxy) is 1. The maximum Gasteiger partial charge on any atom is 0.213 e. The average Bonchev–Trinajstić information content (AvgIpc) is 3.16. The summed E-state index contributed by atoms with van der Waals surface area (Å²) in [5.41, 5.74) is 3.56. The van der Waals surface area contributed by atoms with Crippen LogP contribution in [0.1, 0.15) is 21.6 Å². The number of nitriles is 1. The van der Waals surface area contributed by atoms with Gasteiger partial charge in [0.15, 0.2) is 5.65 Å². The topological polar surface area (TPSA) is 80.3 Å². The Hall–Kier alpha value is -3.98. The number of fused-ring (bicyclic) bond motifs is 1. The molecule has 0 aliphatic rings. The van der Waals surface area contributed by atoms with E-state index in [1.165, 1.54) is 6.20 Å². The van der Waals surface area contributed by atoms with Crippen molar-refractivity contribution in [1.82, 2.24) is 14.6 Å². The molecule has 0 aliphatic heterocycles. The number of methoxy groups -OCH3 is 1. The van der Waals surface area contributed by atoms with E-state index in [1.807, 2.05) is 42.5 Å². The zero-order valence-corrected chi connectivity index (χ0v) is 14.5. The number of nitrogens with zero attached hydrogens (tertiary/aromatic N) is 4. The van der Waals surface area contributed by atoms with Gasteiger partial charge in [0, 0.05) is 11.1 Å². The summed E-state index contributed by atoms with van der Waals surface area (Å²) in [6.07, 6.45) is 1.51. The molecule has 6 heteroatoms. The summed E-state index contributed by atoms with van der Waals surface area (Å²) >= 11 is 0. The molecule has 0 bridgehead atoms. The van der Waals surface area contributed by atoms with Crippen molar-refractivity contribution in [2.45, 2.75) is 0 Å². The third kappa shape index (κ3) is 3.02. The van der Waals surface area contributed by atoms with Crippen LogP contribution in [0.15, 0.2) is 66.9 Å². The molecular weight excluding hydrogens is 340 g/mol. The molecule has 0 radical (unpaired) electrons. The molecule has 27 heavy (non-hydrogen) atoms. The number of benzene rings is 2. The van der Waals surface area contributed by atoms with Crippen molar-refractivity contribution in [2.24, 2.45) is 0 Å². The van der Waals surface area contributed by atoms with Gasteiger partial charge < -0.3 is 4.74 Å². The Labute approximate surface area is 155 Å². The minimum Gasteiger partial charge on any atom is -0.497 e. The van der Waals surface area contributed by atoms with E-state index in [4.69, 9.17) is 10.00 Å². The number of ketones is 1. The van der Waals surface area contributed by atoms with Gasteiger partial charge in [-0.2, -0.15) is 10.4 Å². The summed E-state index contributed by atoms with van der Waals surface area (Å²) in [5, 5.41) is 13.5. The van der Waals surface area contributed by atoms with Crippen LogP contribution in [0, 0.1) is 11.3 Å². The van der Waals surface area contributed by atoms with Crippen LogP contribution in [0.2, 0.25) is 0 Å². The van der Waals surface area contributed by atoms with E-state index in [0.717, 1.165) is 17.0 Å². The van der Waals surface area contributed by atoms with Gasteiger partial charge in [-0.3, -0.25) is 4.79 Å². The summed E-state index contributed by atoms with van der Waals surface area (Å²) in [4.78, 5) is 17.1. The molecule has 0 saturated heterocycles. The number of imidazole rings is 1. The van der Waals surface area contributed by atoms with Crippen LogP contribution in [0.25, 0.3) is 16.9 Å². The van der Waals surface area contributed by atoms with E-state index in [0.29, 0.717) is 22.5 Å². The molecule has 2 aromatic heterocycles. The van der Waals surface area contributed by atoms with E-state index in [2.05, 4.69) is 10.1 Å². The highest BCUT2D eigenvalue weighted by atomic mass is 16.5. The van der Waals surface area contributed by atoms with Gasteiger partial charge in [0.05, 0.1) is 30.6 Å². The van der Waals surface area contributed by atoms with Crippen LogP contribution < -0.4 is 4.74 Å². The molecule has 4 aromatic rings. The second-order valence-electron chi connectivity index (χ2n) is 5.88. The van der Waals surface area contributed by atoms with Gasteiger partial charge in [-0.1, -0.05) is 0 Å². The second-order valence-corrected chi connectivity index (χ2v) is 5.88. The molecule has 130 valence electrons. The molecule has 2 aromatic carbocycles. The van der Waals surface area contributed by atoms with Gasteiger partial charge in [0.1, 0.15) is 11.4 Å². The van der Waals surface area contributed by atoms with Crippen LogP contribution in [0.5, 0.6) is 5.75 Å². The third-order valence-electron chi connectivity index (χ3n) is 4.26. The lowest BCUT2D eigenvalue weighted by molar-refractivity contribution is 0.103. The first-order valence-corrected chi connectivity index (χ1v) is 8.23. The Bertz CT molecular complexity index is 1170. The fraction of sp³-hybridized carbons (Fsp3) is 0.0476. The van der Waals surface area contributed by atoms with Gasteiger partial charge in [-0.25, -0.2) is 9.50 Å². The summed E-state index contributed by atoms with van der Waals surface area (Å²) in [5.74, 6) is 0.561. The number of hydrogen-bond donors (Lipinski definition) is 0. The summed E-state index contributed by atoms with van der Waals surface area (Å²) in [6, 6.07) is 19.8. The molecule has 0 spiro atoms. The van der Waals surface area contributed by atoms with E-state index in [1.54, 1.807) is 35.9 Å². The first-order chi connectivity index (χ1) is 13.2. The SMILES string of the molecule is COc1ccc(-c2ccc3ncc(C(=O)c4ccc(C#N)cc4)n3n2)cc1. The normalized spacial score (nSPS) is 10.5. The first kappa shape index (κ1) is 16.5. The minimum absolute atomic E-state index is 0.202. The van der Waals surface area contributed by atoms with Crippen molar-refractivity contribution in [3.05, 3.63) is 83.7 Å². The molecule has 0 N–H and O–H groups in total. The van der Waals surface area contributed by atoms with Crippen LogP contribution in [0.3, 0.4) is 0 Å². The predicted molar refractivity (Wildman–Crippen MR) is 99.6 cm³/mol. The summed E-state index contributed by atoms with van der Waals surface area (Å²) < 4.78 is 6.72. The lowest BCUT2D eigenvalue weighted by Gasteiger charge is -2.05. The fourth-order valence-corrected chi connectivity index (χ4v) is 2.79. The Balaban J connectivity index is 1.75. The smallest absolute Gasteiger partial charge is 0.213 e. The number of aromatic nitrogens is 3. The minimum atomic E-state index is -0.202. The number of hydrogen-bond acceptors (Lipinski definition) is 5. The molecule has 0 atom stereocenters. The standard InChI is InChI=1S/C21H14N4O2/c1-27-17-8-6-15(7-9-17)18-10-11-20-23-13-19(25(20)24-18)21(26)16-4-2-14(12-22)3-5-16/h2-11,13H,1H3. The first-order valence-electron chi connectivity index (χ1n) is 8.23. The maximum absolute atomic E-state index is 12.9. The molecule has 4 rings (SSSR count). The molecule has 0 amide bonds. The second kappa shape index (κ2) is 6.73. The predicted octanol–water partition coefficient (Wildman–Crippen LogP) is 3.51. The monoisotopic (exact) mass is 354 g/mol. The number of rotatable bonds is 4. The highest BCUT2D eigenvalue weighted by Gasteiger charge is 2.16. The van der Waals surface area contributed by atoms with Gasteiger partial charge >= 0.3 is 0 Å². The van der Waals surface area contributed by atoms with Gasteiger partial charge in [0.2, 0.25) is 5.78 Å². The lowest BCUT2D eigenvalue weighted by Crippen LogP contribution is -2.07. The molecule has 6 nitrogen and oxygen atoms in total. The van der Waals surface area contributed by atoms with Gasteiger partial charge in [-0.15, -0.1) is 0 Å². The van der Waals surface area contributed by atoms with E-state index in [-0.39, 0.29) is 5.78 Å². The van der Waals surface area contributed by atoms with Gasteiger partial charge in [0.25, 0.3) is 0 Å². The van der Waals surface area contributed by atoms with Crippen LogP contribution in [0.4, 0.5) is 0 Å². The Morgan fingerprint density at radius 2 is 1.78 bits per heavy atom. The maximum atomic E-state index is 12.9. The highest BCUT2D eigenvalue weighted by molar-refractivity contribution is 6.08. The van der Waals surface area contributed by atoms with Crippen LogP contribution in [-0.4, -0.2) is 27.5 Å². The van der Waals surface area contributed by atoms with Crippen molar-refractivity contribution in [2.75, 3.05) is 7.11 Å². The fourth-order valence-electron chi connectivity index (χ4n) is 2.79. The van der Waals surface area contributed by atoms with Gasteiger partial charge in [-0.05, 0) is 60.7 Å². The Morgan fingerprint density at radius 1 is 1.04 bits per heavy atom. The number of carbonyl (C=O) groups excluding carboxylic acids is 1. The van der Waals surface area contributed by atoms with E-state index >= 15 is 0 Å². The summed E-state index contributed by atoms with van der Waals surface area (Å²) in [6.45, 7) is 0. The molecule has 0 unspecified atom stereocenters. The molecular formula is C21H14N4O2. The van der Waals surface area contributed by atoms with Crippen molar-refractivity contribution < 1.29 is 9.53 Å². The van der Waals surface area contributed by atoms with Crippen molar-refractivity contribution in [3.8, 4) is 23.1 Å². The molecule has 0 aliphatic carbocycles. The van der Waals surface area contributed by atoms with Crippen molar-refractivity contribution in [1.29, 1.82) is 5.26 Å². The average molecular weight is 354 g/mol. The largest absolute Gasteiger partial charge is 0.497 e. The zero-order valence-electron chi connectivity index (χ0n) is 14.5. The molecule has 0 saturated carbocycles. The molecule has 0 fully saturated rings. The lowest BCUT2D eigenvalue weighted by atomic mass is 10.1. The number of carbonyl (C=O) groups is 1. The van der Waals surface area contributed by atoms with E-state index < -0.39 is 0 Å². The van der Waals surface area contributed by atoms with Crippen molar-refractivity contribution in [3.63, 3.8) is 0 Å². The zero-order chi connectivity index (χ0) is 18.8. The van der Waals surface area contributed by atoms with Crippen LogP contribution in [-0.2, 0) is 0 Å². The quantitative estimate of drug-likeness (QED) is 0.524. The van der Waals surface area contributed by atoms with E-state index in [9.17, 15) is 4.79 Å².